The van der Waals surface area contributed by atoms with Gasteiger partial charge in [0.05, 0.1) is 5.69 Å². The highest BCUT2D eigenvalue weighted by Gasteiger charge is 2.24. The van der Waals surface area contributed by atoms with Crippen LogP contribution in [0.1, 0.15) is 39.9 Å². The first-order valence-corrected chi connectivity index (χ1v) is 8.21. The van der Waals surface area contributed by atoms with E-state index in [-0.39, 0.29) is 0 Å². The van der Waals surface area contributed by atoms with Crippen LogP contribution in [0.25, 0.3) is 5.57 Å². The Morgan fingerprint density at radius 3 is 2.59 bits per heavy atom. The van der Waals surface area contributed by atoms with Crippen LogP contribution in [0.3, 0.4) is 0 Å². The minimum absolute atomic E-state index is 0.998. The van der Waals surface area contributed by atoms with Crippen molar-refractivity contribution in [1.29, 1.82) is 0 Å². The van der Waals surface area contributed by atoms with E-state index in [2.05, 4.69) is 43.4 Å². The molecular formula is C20H22N2. The second-order valence-electron chi connectivity index (χ2n) is 6.59. The molecule has 1 aliphatic heterocycles. The third-order valence-corrected chi connectivity index (χ3v) is 4.83. The molecular weight excluding hydrogens is 268 g/mol. The summed E-state index contributed by atoms with van der Waals surface area (Å²) in [6.07, 6.45) is 5.35. The average molecular weight is 290 g/mol. The number of aromatic nitrogens is 1. The predicted molar refractivity (Wildman–Crippen MR) is 91.1 cm³/mol. The molecule has 1 N–H and O–H groups in total. The van der Waals surface area contributed by atoms with E-state index >= 15 is 0 Å². The highest BCUT2D eigenvalue weighted by Crippen LogP contribution is 2.36. The second-order valence-corrected chi connectivity index (χ2v) is 6.59. The van der Waals surface area contributed by atoms with Crippen molar-refractivity contribution in [3.8, 4) is 0 Å². The van der Waals surface area contributed by atoms with Crippen molar-refractivity contribution >= 4 is 5.57 Å². The fourth-order valence-electron chi connectivity index (χ4n) is 3.75. The molecule has 1 aromatic heterocycles. The van der Waals surface area contributed by atoms with Crippen molar-refractivity contribution in [2.24, 2.45) is 0 Å². The third-order valence-electron chi connectivity index (χ3n) is 4.83. The predicted octanol–water partition coefficient (Wildman–Crippen LogP) is 3.59. The lowest BCUT2D eigenvalue weighted by atomic mass is 9.91. The van der Waals surface area contributed by atoms with Crippen LogP contribution in [-0.2, 0) is 12.8 Å². The first-order chi connectivity index (χ1) is 10.7. The Balaban J connectivity index is 2.00. The van der Waals surface area contributed by atoms with Crippen LogP contribution in [0.2, 0.25) is 0 Å². The van der Waals surface area contributed by atoms with E-state index in [1.54, 1.807) is 0 Å². The molecule has 1 aliphatic carbocycles. The summed E-state index contributed by atoms with van der Waals surface area (Å²) in [6, 6.07) is 9.23. The molecule has 22 heavy (non-hydrogen) atoms. The van der Waals surface area contributed by atoms with Crippen molar-refractivity contribution in [3.63, 3.8) is 0 Å². The number of benzene rings is 1. The van der Waals surface area contributed by atoms with Crippen LogP contribution in [-0.4, -0.2) is 18.1 Å². The van der Waals surface area contributed by atoms with Gasteiger partial charge in [0, 0.05) is 18.3 Å². The van der Waals surface area contributed by atoms with Crippen molar-refractivity contribution in [2.75, 3.05) is 13.1 Å². The number of aryl methyl sites for hydroxylation is 4. The molecule has 4 rings (SSSR count). The maximum Gasteiger partial charge on any atom is 0.0740 e. The monoisotopic (exact) mass is 290 g/mol. The van der Waals surface area contributed by atoms with Gasteiger partial charge in [-0.05, 0) is 67.5 Å². The number of nitrogens with zero attached hydrogens (tertiary/aromatic N) is 1. The summed E-state index contributed by atoms with van der Waals surface area (Å²) in [7, 11) is 0. The lowest BCUT2D eigenvalue weighted by molar-refractivity contribution is 0.862. The smallest absolute Gasteiger partial charge is 0.0740 e. The molecule has 0 saturated carbocycles. The van der Waals surface area contributed by atoms with Gasteiger partial charge in [0.15, 0.2) is 0 Å². The number of fused-ring (bicyclic) bond motifs is 2. The van der Waals surface area contributed by atoms with Gasteiger partial charge < -0.3 is 5.32 Å². The van der Waals surface area contributed by atoms with Gasteiger partial charge in [-0.1, -0.05) is 29.8 Å². The molecule has 2 aromatic rings. The fraction of sp³-hybridized carbons (Fsp3) is 0.350. The molecule has 1 saturated heterocycles. The summed E-state index contributed by atoms with van der Waals surface area (Å²) in [4.78, 5) is 4.84. The summed E-state index contributed by atoms with van der Waals surface area (Å²) in [5.41, 5.74) is 11.0. The molecule has 0 amide bonds. The zero-order valence-electron chi connectivity index (χ0n) is 13.4. The van der Waals surface area contributed by atoms with E-state index in [0.29, 0.717) is 0 Å². The molecule has 2 nitrogen and oxygen atoms in total. The van der Waals surface area contributed by atoms with Gasteiger partial charge in [0.25, 0.3) is 0 Å². The SMILES string of the molecule is Cc1ccc2c(c1)CCc1cc(C)cnc1/C2=C1\CCNC1. The van der Waals surface area contributed by atoms with Crippen LogP contribution >= 0.6 is 0 Å². The highest BCUT2D eigenvalue weighted by molar-refractivity contribution is 5.85. The molecule has 2 heterocycles. The first kappa shape index (κ1) is 13.7. The lowest BCUT2D eigenvalue weighted by Gasteiger charge is -2.15. The Bertz CT molecular complexity index is 708. The Morgan fingerprint density at radius 1 is 0.955 bits per heavy atom. The van der Waals surface area contributed by atoms with Gasteiger partial charge in [-0.15, -0.1) is 0 Å². The minimum Gasteiger partial charge on any atom is -0.313 e. The van der Waals surface area contributed by atoms with E-state index in [0.717, 1.165) is 32.4 Å². The van der Waals surface area contributed by atoms with Crippen LogP contribution in [0.15, 0.2) is 36.0 Å². The molecule has 0 atom stereocenters. The summed E-state index contributed by atoms with van der Waals surface area (Å²) in [6.45, 7) is 6.41. The quantitative estimate of drug-likeness (QED) is 0.802. The molecule has 1 fully saturated rings. The van der Waals surface area contributed by atoms with Crippen LogP contribution in [0.5, 0.6) is 0 Å². The third kappa shape index (κ3) is 2.28. The zero-order valence-corrected chi connectivity index (χ0v) is 13.4. The number of nitrogens with one attached hydrogen (secondary N) is 1. The fourth-order valence-corrected chi connectivity index (χ4v) is 3.75. The Labute approximate surface area is 132 Å². The Kier molecular flexibility index (Phi) is 3.34. The van der Waals surface area contributed by atoms with Gasteiger partial charge in [0.2, 0.25) is 0 Å². The molecule has 0 unspecified atom stereocenters. The Morgan fingerprint density at radius 2 is 1.77 bits per heavy atom. The Hall–Kier alpha value is -1.93. The number of hydrogen-bond donors (Lipinski definition) is 1. The molecule has 0 spiro atoms. The van der Waals surface area contributed by atoms with Crippen molar-refractivity contribution in [2.45, 2.75) is 33.1 Å². The van der Waals surface area contributed by atoms with Crippen molar-refractivity contribution < 1.29 is 0 Å². The number of pyridine rings is 1. The van der Waals surface area contributed by atoms with Gasteiger partial charge in [-0.2, -0.15) is 0 Å². The molecule has 0 radical (unpaired) electrons. The topological polar surface area (TPSA) is 24.9 Å². The molecule has 0 bridgehead atoms. The first-order valence-electron chi connectivity index (χ1n) is 8.21. The van der Waals surface area contributed by atoms with E-state index in [9.17, 15) is 0 Å². The van der Waals surface area contributed by atoms with Crippen molar-refractivity contribution in [3.05, 3.63) is 69.5 Å². The molecule has 2 heteroatoms. The number of rotatable bonds is 0. The zero-order chi connectivity index (χ0) is 15.1. The number of hydrogen-bond acceptors (Lipinski definition) is 2. The summed E-state index contributed by atoms with van der Waals surface area (Å²) < 4.78 is 0. The summed E-state index contributed by atoms with van der Waals surface area (Å²) >= 11 is 0. The highest BCUT2D eigenvalue weighted by atomic mass is 14.9. The normalized spacial score (nSPS) is 20.5. The van der Waals surface area contributed by atoms with Gasteiger partial charge >= 0.3 is 0 Å². The van der Waals surface area contributed by atoms with Gasteiger partial charge in [0.1, 0.15) is 0 Å². The average Bonchev–Trinajstić information content (AvgIpc) is 2.98. The second kappa shape index (κ2) is 5.36. The summed E-state index contributed by atoms with van der Waals surface area (Å²) in [5.74, 6) is 0. The minimum atomic E-state index is 0.998. The molecule has 2 aliphatic rings. The molecule has 112 valence electrons. The maximum absolute atomic E-state index is 4.84. The summed E-state index contributed by atoms with van der Waals surface area (Å²) in [5, 5.41) is 3.49. The largest absolute Gasteiger partial charge is 0.313 e. The van der Waals surface area contributed by atoms with Crippen LogP contribution in [0.4, 0.5) is 0 Å². The van der Waals surface area contributed by atoms with E-state index in [4.69, 9.17) is 4.98 Å². The maximum atomic E-state index is 4.84. The lowest BCUT2D eigenvalue weighted by Crippen LogP contribution is -2.06. The van der Waals surface area contributed by atoms with Crippen LogP contribution < -0.4 is 5.32 Å². The standard InChI is InChI=1S/C20H22N2/c1-13-3-6-18-15(9-13)4-5-16-10-14(2)11-22-20(16)19(18)17-7-8-21-12-17/h3,6,9-11,21H,4-5,7-8,12H2,1-2H3/b19-17+. The van der Waals surface area contributed by atoms with E-state index in [1.807, 2.05) is 6.20 Å². The van der Waals surface area contributed by atoms with E-state index in [1.165, 1.54) is 44.7 Å². The van der Waals surface area contributed by atoms with Crippen molar-refractivity contribution in [1.82, 2.24) is 10.3 Å². The van der Waals surface area contributed by atoms with Crippen LogP contribution in [0, 0.1) is 13.8 Å². The van der Waals surface area contributed by atoms with Gasteiger partial charge in [-0.25, -0.2) is 0 Å². The van der Waals surface area contributed by atoms with E-state index < -0.39 is 0 Å². The molecule has 1 aromatic carbocycles. The van der Waals surface area contributed by atoms with Gasteiger partial charge in [-0.3, -0.25) is 4.98 Å².